The van der Waals surface area contributed by atoms with Crippen LogP contribution in [0, 0.1) is 0 Å². The van der Waals surface area contributed by atoms with Crippen LogP contribution in [-0.2, 0) is 15.1 Å². The summed E-state index contributed by atoms with van der Waals surface area (Å²) in [6.45, 7) is 7.20. The van der Waals surface area contributed by atoms with Gasteiger partial charge >= 0.3 is 5.97 Å². The predicted molar refractivity (Wildman–Crippen MR) is 116 cm³/mol. The Morgan fingerprint density at radius 3 is 2.16 bits per heavy atom. The summed E-state index contributed by atoms with van der Waals surface area (Å²) in [5.74, 6) is -1.80. The van der Waals surface area contributed by atoms with E-state index in [-0.39, 0.29) is 34.8 Å². The van der Waals surface area contributed by atoms with E-state index < -0.39 is 29.0 Å². The number of esters is 1. The topological polar surface area (TPSA) is 89.5 Å². The number of carbonyl (C=O) groups is 4. The van der Waals surface area contributed by atoms with Crippen LogP contribution in [0.1, 0.15) is 84.7 Å². The lowest BCUT2D eigenvalue weighted by Crippen LogP contribution is -2.53. The molecule has 0 aliphatic heterocycles. The van der Waals surface area contributed by atoms with E-state index in [1.807, 2.05) is 20.8 Å². The Bertz CT molecular complexity index is 1020. The second-order valence-electron chi connectivity index (χ2n) is 8.12. The summed E-state index contributed by atoms with van der Waals surface area (Å²) in [4.78, 5) is 51.6. The van der Waals surface area contributed by atoms with E-state index in [2.05, 4.69) is 5.32 Å². The fraction of sp³-hybridized carbons (Fsp3) is 0.360. The molecule has 0 aromatic heterocycles. The van der Waals surface area contributed by atoms with E-state index >= 15 is 0 Å². The number of carbonyl (C=O) groups excluding carboxylic acids is 4. The molecule has 1 aliphatic rings. The van der Waals surface area contributed by atoms with Crippen LogP contribution in [0.25, 0.3) is 0 Å². The van der Waals surface area contributed by atoms with Crippen LogP contribution < -0.4 is 10.1 Å². The Balaban J connectivity index is 2.21. The molecule has 0 heterocycles. The quantitative estimate of drug-likeness (QED) is 0.409. The lowest BCUT2D eigenvalue weighted by atomic mass is 9.82. The molecule has 0 unspecified atom stereocenters. The molecule has 6 heteroatoms. The number of unbranched alkanes of at least 4 members (excludes halogenated alkanes) is 1. The summed E-state index contributed by atoms with van der Waals surface area (Å²) in [7, 11) is 0. The van der Waals surface area contributed by atoms with Gasteiger partial charge in [-0.05, 0) is 24.0 Å². The number of benzene rings is 2. The van der Waals surface area contributed by atoms with E-state index in [1.54, 1.807) is 42.5 Å². The number of nitrogens with one attached hydrogen (secondary N) is 1. The van der Waals surface area contributed by atoms with Gasteiger partial charge in [0.05, 0.1) is 0 Å². The third-order valence-electron chi connectivity index (χ3n) is 5.50. The molecule has 0 saturated carbocycles. The lowest BCUT2D eigenvalue weighted by Gasteiger charge is -2.29. The maximum atomic E-state index is 13.5. The van der Waals surface area contributed by atoms with Gasteiger partial charge in [0.25, 0.3) is 0 Å². The zero-order valence-electron chi connectivity index (χ0n) is 18.3. The second-order valence-corrected chi connectivity index (χ2v) is 8.12. The minimum absolute atomic E-state index is 0.121. The van der Waals surface area contributed by atoms with Crippen molar-refractivity contribution in [3.05, 3.63) is 64.7 Å². The molecule has 0 saturated heterocycles. The molecule has 6 nitrogen and oxygen atoms in total. The highest BCUT2D eigenvalue weighted by Gasteiger charge is 2.56. The van der Waals surface area contributed by atoms with Crippen molar-refractivity contribution < 1.29 is 23.9 Å². The Morgan fingerprint density at radius 1 is 1.03 bits per heavy atom. The average molecular weight is 421 g/mol. The van der Waals surface area contributed by atoms with Crippen molar-refractivity contribution >= 4 is 23.4 Å². The maximum Gasteiger partial charge on any atom is 0.311 e. The first-order chi connectivity index (χ1) is 14.7. The molecule has 1 N–H and O–H groups in total. The number of amides is 1. The summed E-state index contributed by atoms with van der Waals surface area (Å²) in [5.41, 5.74) is -0.445. The lowest BCUT2D eigenvalue weighted by molar-refractivity contribution is -0.134. The Hall–Kier alpha value is -3.28. The number of ether oxygens (including phenoxy) is 1. The number of hydrogen-bond acceptors (Lipinski definition) is 5. The third-order valence-corrected chi connectivity index (χ3v) is 5.50. The molecule has 2 aromatic carbocycles. The van der Waals surface area contributed by atoms with Gasteiger partial charge in [0, 0.05) is 30.0 Å². The largest absolute Gasteiger partial charge is 0.426 e. The summed E-state index contributed by atoms with van der Waals surface area (Å²) >= 11 is 0. The minimum Gasteiger partial charge on any atom is -0.426 e. The number of Topliss-reactive ketones (excluding diaryl/α,β-unsaturated/α-hetero) is 2. The van der Waals surface area contributed by atoms with Gasteiger partial charge in [-0.2, -0.15) is 0 Å². The van der Waals surface area contributed by atoms with Gasteiger partial charge in [0.15, 0.2) is 5.54 Å². The van der Waals surface area contributed by atoms with Crippen LogP contribution in [0.4, 0.5) is 0 Å². The molecule has 0 radical (unpaired) electrons. The minimum atomic E-state index is -1.97. The monoisotopic (exact) mass is 421 g/mol. The van der Waals surface area contributed by atoms with Crippen molar-refractivity contribution in [1.82, 2.24) is 5.32 Å². The molecule has 162 valence electrons. The molecule has 31 heavy (non-hydrogen) atoms. The Kier molecular flexibility index (Phi) is 6.39. The number of fused-ring (bicyclic) bond motifs is 1. The van der Waals surface area contributed by atoms with E-state index in [9.17, 15) is 19.2 Å². The molecule has 1 aliphatic carbocycles. The van der Waals surface area contributed by atoms with Crippen molar-refractivity contribution in [3.63, 3.8) is 0 Å². The van der Waals surface area contributed by atoms with Crippen molar-refractivity contribution in [2.75, 3.05) is 0 Å². The average Bonchev–Trinajstić information content (AvgIpc) is 2.94. The first-order valence-electron chi connectivity index (χ1n) is 10.5. The fourth-order valence-corrected chi connectivity index (χ4v) is 3.86. The SMILES string of the molecule is CCCCC(=O)Oc1cc(C(C)C)ccc1C1(NC(C)=O)C(=O)c2ccccc2C1=O. The van der Waals surface area contributed by atoms with Crippen molar-refractivity contribution in [2.45, 2.75) is 58.4 Å². The van der Waals surface area contributed by atoms with Gasteiger partial charge in [-0.25, -0.2) is 0 Å². The number of ketones is 2. The number of rotatable bonds is 7. The molecule has 3 rings (SSSR count). The molecule has 1 amide bonds. The van der Waals surface area contributed by atoms with Gasteiger partial charge in [-0.3, -0.25) is 19.2 Å². The van der Waals surface area contributed by atoms with Gasteiger partial charge in [-0.1, -0.05) is 63.6 Å². The highest BCUT2D eigenvalue weighted by molar-refractivity contribution is 6.34. The van der Waals surface area contributed by atoms with E-state index in [1.165, 1.54) is 6.92 Å². The highest BCUT2D eigenvalue weighted by atomic mass is 16.5. The smallest absolute Gasteiger partial charge is 0.311 e. The van der Waals surface area contributed by atoms with Crippen molar-refractivity contribution in [2.24, 2.45) is 0 Å². The van der Waals surface area contributed by atoms with Gasteiger partial charge in [-0.15, -0.1) is 0 Å². The van der Waals surface area contributed by atoms with Crippen LogP contribution in [0.2, 0.25) is 0 Å². The normalized spacial score (nSPS) is 14.5. The van der Waals surface area contributed by atoms with Crippen LogP contribution in [0.3, 0.4) is 0 Å². The van der Waals surface area contributed by atoms with Crippen LogP contribution in [0.15, 0.2) is 42.5 Å². The molecular weight excluding hydrogens is 394 g/mol. The maximum absolute atomic E-state index is 13.5. The van der Waals surface area contributed by atoms with Gasteiger partial charge < -0.3 is 10.1 Å². The second kappa shape index (κ2) is 8.84. The van der Waals surface area contributed by atoms with Crippen molar-refractivity contribution in [3.8, 4) is 5.75 Å². The van der Waals surface area contributed by atoms with Crippen LogP contribution in [0.5, 0.6) is 5.75 Å². The zero-order valence-corrected chi connectivity index (χ0v) is 18.3. The van der Waals surface area contributed by atoms with E-state index in [0.717, 1.165) is 12.0 Å². The summed E-state index contributed by atoms with van der Waals surface area (Å²) in [6, 6.07) is 11.5. The molecule has 0 bridgehead atoms. The first kappa shape index (κ1) is 22.4. The molecule has 0 fully saturated rings. The fourth-order valence-electron chi connectivity index (χ4n) is 3.86. The first-order valence-corrected chi connectivity index (χ1v) is 10.5. The third kappa shape index (κ3) is 4.02. The molecule has 0 atom stereocenters. The summed E-state index contributed by atoms with van der Waals surface area (Å²) in [6.07, 6.45) is 1.71. The van der Waals surface area contributed by atoms with Gasteiger partial charge in [0.1, 0.15) is 5.75 Å². The summed E-state index contributed by atoms with van der Waals surface area (Å²) in [5, 5.41) is 2.59. The molecular formula is C25H27NO5. The van der Waals surface area contributed by atoms with E-state index in [0.29, 0.717) is 6.42 Å². The van der Waals surface area contributed by atoms with Crippen LogP contribution >= 0.6 is 0 Å². The van der Waals surface area contributed by atoms with E-state index in [4.69, 9.17) is 4.74 Å². The predicted octanol–water partition coefficient (Wildman–Crippen LogP) is 4.32. The number of hydrogen-bond donors (Lipinski definition) is 1. The summed E-state index contributed by atoms with van der Waals surface area (Å²) < 4.78 is 5.66. The Morgan fingerprint density at radius 2 is 1.65 bits per heavy atom. The Labute approximate surface area is 182 Å². The molecule has 0 spiro atoms. The van der Waals surface area contributed by atoms with Gasteiger partial charge in [0.2, 0.25) is 17.5 Å². The standard InChI is InChI=1S/C25H27NO5/c1-5-6-11-22(28)31-21-14-17(15(2)3)12-13-20(21)25(26-16(4)27)23(29)18-9-7-8-10-19(18)24(25)30/h7-10,12-15H,5-6,11H2,1-4H3,(H,26,27). The molecule has 2 aromatic rings. The highest BCUT2D eigenvalue weighted by Crippen LogP contribution is 2.42. The van der Waals surface area contributed by atoms with Crippen LogP contribution in [-0.4, -0.2) is 23.4 Å². The zero-order chi connectivity index (χ0) is 22.8. The van der Waals surface area contributed by atoms with Crippen molar-refractivity contribution in [1.29, 1.82) is 0 Å².